The Morgan fingerprint density at radius 1 is 0.375 bits per heavy atom. The van der Waals surface area contributed by atoms with Gasteiger partial charge in [-0.3, -0.25) is 0 Å². The second kappa shape index (κ2) is 55.8. The van der Waals surface area contributed by atoms with E-state index in [4.69, 9.17) is 111 Å². The lowest BCUT2D eigenvalue weighted by molar-refractivity contribution is -0.0943. The van der Waals surface area contributed by atoms with Crippen molar-refractivity contribution in [1.82, 2.24) is 16.0 Å². The fourth-order valence-corrected chi connectivity index (χ4v) is 14.1. The van der Waals surface area contributed by atoms with E-state index >= 15 is 0 Å². The van der Waals surface area contributed by atoms with E-state index in [0.29, 0.717) is 76.0 Å². The highest BCUT2D eigenvalue weighted by molar-refractivity contribution is 6.61. The lowest BCUT2D eigenvalue weighted by Crippen LogP contribution is -2.43. The highest BCUT2D eigenvalue weighted by atomic mass is 28.4. The number of nitrogens with zero attached hydrogens (tertiary/aromatic N) is 1. The number of amides is 3. The Balaban J connectivity index is -0.00000188. The van der Waals surface area contributed by atoms with Crippen LogP contribution in [0.25, 0.3) is 0 Å². The fraction of sp³-hybridized carbons (Fsp3) is 0.923. The maximum atomic E-state index is 12.4. The van der Waals surface area contributed by atoms with Gasteiger partial charge in [-0.2, -0.15) is 0 Å². The lowest BCUT2D eigenvalue weighted by atomic mass is 10.3. The van der Waals surface area contributed by atoms with Crippen molar-refractivity contribution >= 4 is 59.6 Å². The summed E-state index contributed by atoms with van der Waals surface area (Å²) in [4.78, 5) is 50.2. The summed E-state index contributed by atoms with van der Waals surface area (Å²) in [5.74, 6) is 0. The van der Waals surface area contributed by atoms with Crippen LogP contribution >= 0.6 is 0 Å². The summed E-state index contributed by atoms with van der Waals surface area (Å²) in [5, 5.41) is 35.4. The van der Waals surface area contributed by atoms with Crippen molar-refractivity contribution in [3.05, 3.63) is 0 Å². The lowest BCUT2D eigenvalue weighted by Gasteiger charge is -2.24. The van der Waals surface area contributed by atoms with Crippen LogP contribution in [0.1, 0.15) is 67.2 Å². The van der Waals surface area contributed by atoms with E-state index in [-0.39, 0.29) is 72.2 Å². The number of aliphatic hydroxyl groups is 3. The van der Waals surface area contributed by atoms with E-state index < -0.39 is 96.2 Å². The maximum Gasteiger partial charge on any atom is 0.500 e. The van der Waals surface area contributed by atoms with E-state index in [1.165, 1.54) is 70.1 Å². The summed E-state index contributed by atoms with van der Waals surface area (Å²) < 4.78 is 114. The first-order chi connectivity index (χ1) is 41.9. The summed E-state index contributed by atoms with van der Waals surface area (Å²) in [7, 11) is 7.77. The fourth-order valence-electron chi connectivity index (χ4n) is 7.21. The third kappa shape index (κ3) is 46.3. The van der Waals surface area contributed by atoms with E-state index in [9.17, 15) is 19.2 Å². The molecular formula is C52H112N4O28Si4. The number of hydrogen-bond donors (Lipinski definition) is 6. The van der Waals surface area contributed by atoms with E-state index in [1.54, 1.807) is 62.9 Å². The molecule has 0 saturated carbocycles. The Hall–Kier alpha value is -2.78. The number of carbonyl (C=O) groups excluding carboxylic acids is 4. The van der Waals surface area contributed by atoms with Gasteiger partial charge < -0.3 is 127 Å². The van der Waals surface area contributed by atoms with Crippen molar-refractivity contribution in [2.75, 3.05) is 178 Å². The molecular weight excluding hydrogens is 1240 g/mol. The van der Waals surface area contributed by atoms with Crippen LogP contribution in [0.4, 0.5) is 14.4 Å². The first kappa shape index (κ1) is 89.4. The molecule has 0 heterocycles. The van der Waals surface area contributed by atoms with Crippen LogP contribution in [0.5, 0.6) is 0 Å². The summed E-state index contributed by atoms with van der Waals surface area (Å²) in [6.45, 7) is 12.9. The molecule has 0 aliphatic heterocycles. The van der Waals surface area contributed by atoms with Gasteiger partial charge in [-0.15, -0.1) is 0 Å². The van der Waals surface area contributed by atoms with Crippen molar-refractivity contribution in [2.45, 2.75) is 140 Å². The molecule has 0 radical (unpaired) electrons. The van der Waals surface area contributed by atoms with Crippen LogP contribution in [-0.4, -0.2) is 301 Å². The predicted molar refractivity (Wildman–Crippen MR) is 327 cm³/mol. The first-order valence-electron chi connectivity index (χ1n) is 28.9. The van der Waals surface area contributed by atoms with Crippen molar-refractivity contribution in [3.8, 4) is 0 Å². The van der Waals surface area contributed by atoms with Gasteiger partial charge in [0.1, 0.15) is 30.5 Å². The topological polar surface area (TPSA) is 371 Å². The van der Waals surface area contributed by atoms with Gasteiger partial charge in [-0.25, -0.2) is 24.2 Å². The van der Waals surface area contributed by atoms with Gasteiger partial charge in [0.05, 0.1) is 90.9 Å². The van der Waals surface area contributed by atoms with Crippen molar-refractivity contribution in [3.63, 3.8) is 0 Å². The Labute approximate surface area is 526 Å². The zero-order chi connectivity index (χ0) is 67.3. The van der Waals surface area contributed by atoms with Crippen LogP contribution in [0.3, 0.4) is 0 Å². The maximum absolute atomic E-state index is 12.4. The molecule has 3 amide bonds. The molecule has 0 aromatic heterocycles. The van der Waals surface area contributed by atoms with E-state index in [1.807, 2.05) is 0 Å². The molecule has 0 aliphatic rings. The molecule has 6 N–H and O–H groups in total. The molecule has 0 bridgehead atoms. The summed E-state index contributed by atoms with van der Waals surface area (Å²) >= 11 is 0. The molecule has 0 spiro atoms. The zero-order valence-electron chi connectivity index (χ0n) is 55.7. The Bertz CT molecular complexity index is 1630. The molecule has 36 heteroatoms. The molecule has 0 fully saturated rings. The number of aliphatic hydroxyl groups excluding tert-OH is 3. The standard InChI is InChI=1S/C33H71N3O18Si3.C12H26O6.C7H15NO4Si/c1-27(52-31(37)34-16-13-19-55(40-4,41-5)42-6)22-49-25-30(51-24-29(3)54-33(39)36-18-15-21-57(46-10,47-11)48-12)26-50-23-28(2)53-32(38)35-17-14-20-56(43-7,44-8)45-9;1-9(13)4-16-7-12(18-6-11(3)15)8-17-5-10(2)14;1-10-13(11-2,12-3)6-4-5-8-7-9/h27-30H,13-26H2,1-12H3,(H,34,37)(H,35,38)(H,36,39);9-15H,4-8H2,1-3H3;4-6H2,1-3H3. The highest BCUT2D eigenvalue weighted by Gasteiger charge is 2.39. The number of isocyanates is 1. The Kier molecular flexibility index (Phi) is 56.7. The van der Waals surface area contributed by atoms with Gasteiger partial charge in [-0.05, 0) is 67.2 Å². The number of alkyl carbamates (subject to hydrolysis) is 3. The number of ether oxygens (including phenoxy) is 9. The van der Waals surface area contributed by atoms with Crippen LogP contribution in [0.15, 0.2) is 4.99 Å². The first-order valence-corrected chi connectivity index (χ1v) is 36.7. The van der Waals surface area contributed by atoms with Gasteiger partial charge in [0.15, 0.2) is 0 Å². The minimum absolute atomic E-state index is 0.0273. The predicted octanol–water partition coefficient (Wildman–Crippen LogP) is 2.69. The highest BCUT2D eigenvalue weighted by Crippen LogP contribution is 2.18. The van der Waals surface area contributed by atoms with E-state index in [0.717, 1.165) is 0 Å². The number of carbonyl (C=O) groups is 3. The minimum Gasteiger partial charge on any atom is -0.444 e. The van der Waals surface area contributed by atoms with Gasteiger partial charge in [0, 0.05) is 129 Å². The molecule has 0 aromatic carbocycles. The molecule has 6 unspecified atom stereocenters. The second-order valence-corrected chi connectivity index (χ2v) is 32.0. The van der Waals surface area contributed by atoms with Crippen LogP contribution in [0.2, 0.25) is 24.2 Å². The molecule has 0 saturated heterocycles. The van der Waals surface area contributed by atoms with Gasteiger partial charge in [0.25, 0.3) is 0 Å². The average Bonchev–Trinajstić information content (AvgIpc) is 3.56. The zero-order valence-corrected chi connectivity index (χ0v) is 59.7. The van der Waals surface area contributed by atoms with E-state index in [2.05, 4.69) is 20.9 Å². The monoisotopic (exact) mass is 1350 g/mol. The quantitative estimate of drug-likeness (QED) is 0.0168. The second-order valence-electron chi connectivity index (χ2n) is 19.6. The SMILES string of the molecule is CC(O)COCC(COCC(C)O)OCC(C)O.CO[Si](CCCN=C=O)(OC)OC.CO[Si](CCCNC(=O)OC(C)COCC(COCC(C)OC(=O)NCCC[Si](OC)(OC)OC)OCC(C)OC(=O)NCCC[Si](OC)(OC)OC)(OC)OC. The molecule has 0 aliphatic carbocycles. The molecule has 88 heavy (non-hydrogen) atoms. The molecule has 6 atom stereocenters. The van der Waals surface area contributed by atoms with Crippen molar-refractivity contribution < 1.29 is 130 Å². The number of hydrogen-bond acceptors (Lipinski definition) is 29. The summed E-state index contributed by atoms with van der Waals surface area (Å²) in [6, 6.07) is 2.21. The van der Waals surface area contributed by atoms with Crippen LogP contribution in [0, 0.1) is 0 Å². The number of aliphatic imine (C=N–C) groups is 1. The van der Waals surface area contributed by atoms with Crippen molar-refractivity contribution in [1.29, 1.82) is 0 Å². The third-order valence-electron chi connectivity index (χ3n) is 12.0. The third-order valence-corrected chi connectivity index (χ3v) is 23.4. The number of rotatable bonds is 53. The van der Waals surface area contributed by atoms with Gasteiger partial charge in [-0.1, -0.05) is 0 Å². The van der Waals surface area contributed by atoms with Gasteiger partial charge in [0.2, 0.25) is 6.08 Å². The largest absolute Gasteiger partial charge is 0.500 e. The van der Waals surface area contributed by atoms with Gasteiger partial charge >= 0.3 is 53.5 Å². The minimum atomic E-state index is -2.75. The van der Waals surface area contributed by atoms with Crippen LogP contribution in [-0.2, 0) is 101 Å². The van der Waals surface area contributed by atoms with Crippen LogP contribution < -0.4 is 16.0 Å². The smallest absolute Gasteiger partial charge is 0.444 e. The average molecular weight is 1350 g/mol. The van der Waals surface area contributed by atoms with Crippen molar-refractivity contribution in [2.24, 2.45) is 4.99 Å². The molecule has 0 aromatic rings. The normalized spacial score (nSPS) is 14.6. The molecule has 524 valence electrons. The number of nitrogens with one attached hydrogen (secondary N) is 3. The molecule has 32 nitrogen and oxygen atoms in total. The Morgan fingerprint density at radius 3 is 0.886 bits per heavy atom. The molecule has 0 rings (SSSR count). The Morgan fingerprint density at radius 2 is 0.625 bits per heavy atom. The summed E-state index contributed by atoms with van der Waals surface area (Å²) in [5.41, 5.74) is 0. The summed E-state index contributed by atoms with van der Waals surface area (Å²) in [6.07, 6.45) is -2.28.